The van der Waals surface area contributed by atoms with Crippen LogP contribution in [0.15, 0.2) is 0 Å². The minimum atomic E-state index is -2.97. The first-order valence-electron chi connectivity index (χ1n) is 7.43. The van der Waals surface area contributed by atoms with Crippen LogP contribution in [0.25, 0.3) is 0 Å². The molecule has 0 atom stereocenters. The minimum Gasteiger partial charge on any atom is -0.378 e. The van der Waals surface area contributed by atoms with Crippen LogP contribution in [0.5, 0.6) is 0 Å². The molecule has 5 nitrogen and oxygen atoms in total. The van der Waals surface area contributed by atoms with E-state index in [1.807, 2.05) is 0 Å². The summed E-state index contributed by atoms with van der Waals surface area (Å²) in [6, 6.07) is 0.346. The molecule has 1 aliphatic heterocycles. The van der Waals surface area contributed by atoms with E-state index in [0.717, 1.165) is 44.9 Å². The fourth-order valence-electron chi connectivity index (χ4n) is 2.84. The second-order valence-corrected chi connectivity index (χ2v) is 7.77. The Morgan fingerprint density at radius 2 is 1.89 bits per heavy atom. The largest absolute Gasteiger partial charge is 0.378 e. The maximum Gasteiger partial charge on any atom is 0.214 e. The van der Waals surface area contributed by atoms with Gasteiger partial charge in [-0.1, -0.05) is 0 Å². The van der Waals surface area contributed by atoms with Gasteiger partial charge >= 0.3 is 0 Å². The molecule has 112 valence electrons. The second kappa shape index (κ2) is 7.02. The third-order valence-corrected chi connectivity index (χ3v) is 6.03. The Balaban J connectivity index is 1.61. The summed E-state index contributed by atoms with van der Waals surface area (Å²) in [5.41, 5.74) is 5.85. The normalized spacial score (nSPS) is 32.3. The van der Waals surface area contributed by atoms with Gasteiger partial charge in [0.05, 0.1) is 11.9 Å². The van der Waals surface area contributed by atoms with Crippen molar-refractivity contribution in [3.63, 3.8) is 0 Å². The molecule has 0 bridgehead atoms. The summed E-state index contributed by atoms with van der Waals surface area (Å²) in [6.07, 6.45) is 7.10. The highest BCUT2D eigenvalue weighted by Crippen LogP contribution is 2.20. The van der Waals surface area contributed by atoms with E-state index in [1.165, 1.54) is 0 Å². The van der Waals surface area contributed by atoms with Crippen molar-refractivity contribution in [1.82, 2.24) is 4.31 Å². The molecule has 0 aromatic rings. The molecule has 1 saturated heterocycles. The van der Waals surface area contributed by atoms with Crippen LogP contribution in [0.1, 0.15) is 44.9 Å². The Hall–Kier alpha value is -0.170. The van der Waals surface area contributed by atoms with Crippen LogP contribution in [0, 0.1) is 0 Å². The van der Waals surface area contributed by atoms with Crippen LogP contribution in [-0.4, -0.2) is 50.3 Å². The first-order valence-corrected chi connectivity index (χ1v) is 9.04. The van der Waals surface area contributed by atoms with Gasteiger partial charge in [0.15, 0.2) is 0 Å². The Labute approximate surface area is 116 Å². The van der Waals surface area contributed by atoms with Crippen LogP contribution in [0.4, 0.5) is 0 Å². The lowest BCUT2D eigenvalue weighted by Gasteiger charge is -2.28. The topological polar surface area (TPSA) is 72.6 Å². The van der Waals surface area contributed by atoms with E-state index in [0.29, 0.717) is 37.6 Å². The lowest BCUT2D eigenvalue weighted by molar-refractivity contribution is 0.0224. The second-order valence-electron chi connectivity index (χ2n) is 5.68. The molecule has 19 heavy (non-hydrogen) atoms. The molecule has 1 heterocycles. The van der Waals surface area contributed by atoms with Gasteiger partial charge in [-0.25, -0.2) is 12.7 Å². The Morgan fingerprint density at radius 1 is 1.16 bits per heavy atom. The number of nitrogens with two attached hydrogens (primary N) is 1. The Morgan fingerprint density at radius 3 is 2.58 bits per heavy atom. The van der Waals surface area contributed by atoms with Crippen LogP contribution in [-0.2, 0) is 14.8 Å². The highest BCUT2D eigenvalue weighted by molar-refractivity contribution is 7.89. The van der Waals surface area contributed by atoms with E-state index in [2.05, 4.69) is 0 Å². The van der Waals surface area contributed by atoms with Gasteiger partial charge in [-0.15, -0.1) is 0 Å². The average Bonchev–Trinajstić information content (AvgIpc) is 2.38. The van der Waals surface area contributed by atoms with Gasteiger partial charge in [-0.05, 0) is 44.9 Å². The van der Waals surface area contributed by atoms with E-state index in [1.54, 1.807) is 4.31 Å². The monoisotopic (exact) mass is 290 g/mol. The highest BCUT2D eigenvalue weighted by atomic mass is 32.2. The molecule has 0 aromatic heterocycles. The van der Waals surface area contributed by atoms with E-state index in [4.69, 9.17) is 10.5 Å². The molecular weight excluding hydrogens is 264 g/mol. The number of ether oxygens (including phenoxy) is 1. The van der Waals surface area contributed by atoms with Gasteiger partial charge in [-0.3, -0.25) is 0 Å². The van der Waals surface area contributed by atoms with Gasteiger partial charge < -0.3 is 10.5 Å². The maximum absolute atomic E-state index is 11.8. The van der Waals surface area contributed by atoms with Crippen molar-refractivity contribution in [3.05, 3.63) is 0 Å². The molecule has 1 saturated carbocycles. The Bertz CT molecular complexity index is 364. The van der Waals surface area contributed by atoms with Crippen molar-refractivity contribution in [2.45, 2.75) is 57.1 Å². The van der Waals surface area contributed by atoms with E-state index >= 15 is 0 Å². The average molecular weight is 290 g/mol. The number of sulfonamides is 1. The van der Waals surface area contributed by atoms with Gasteiger partial charge in [0.1, 0.15) is 0 Å². The summed E-state index contributed by atoms with van der Waals surface area (Å²) < 4.78 is 31.0. The summed E-state index contributed by atoms with van der Waals surface area (Å²) in [6.45, 7) is 1.95. The van der Waals surface area contributed by atoms with Crippen molar-refractivity contribution in [2.24, 2.45) is 5.73 Å². The molecule has 2 N–H and O–H groups in total. The molecule has 0 amide bonds. The zero-order valence-electron chi connectivity index (χ0n) is 11.6. The molecule has 2 aliphatic rings. The molecule has 1 aliphatic carbocycles. The standard InChI is InChI=1S/C13H26N2O3S/c14-12-4-6-13(7-5-12)18-10-3-9-15-8-1-2-11-19(15,16)17/h12-13H,1-11,14H2. The summed E-state index contributed by atoms with van der Waals surface area (Å²) in [7, 11) is -2.97. The number of hydrogen-bond acceptors (Lipinski definition) is 4. The first-order chi connectivity index (χ1) is 9.08. The summed E-state index contributed by atoms with van der Waals surface area (Å²) in [5, 5.41) is 0. The summed E-state index contributed by atoms with van der Waals surface area (Å²) in [5.74, 6) is 0.314. The summed E-state index contributed by atoms with van der Waals surface area (Å²) >= 11 is 0. The lowest BCUT2D eigenvalue weighted by atomic mass is 9.94. The molecule has 0 unspecified atom stereocenters. The van der Waals surface area contributed by atoms with Crippen LogP contribution < -0.4 is 5.73 Å². The van der Waals surface area contributed by atoms with Gasteiger partial charge in [0.2, 0.25) is 10.0 Å². The Kier molecular flexibility index (Phi) is 5.62. The lowest BCUT2D eigenvalue weighted by Crippen LogP contribution is -2.39. The molecule has 2 rings (SSSR count). The van der Waals surface area contributed by atoms with Crippen molar-refractivity contribution in [3.8, 4) is 0 Å². The molecule has 6 heteroatoms. The number of rotatable bonds is 5. The molecule has 0 aromatic carbocycles. The van der Waals surface area contributed by atoms with Crippen LogP contribution in [0.2, 0.25) is 0 Å². The predicted molar refractivity (Wildman–Crippen MR) is 75.4 cm³/mol. The first kappa shape index (κ1) is 15.2. The van der Waals surface area contributed by atoms with Gasteiger partial charge in [0.25, 0.3) is 0 Å². The predicted octanol–water partition coefficient (Wildman–Crippen LogP) is 1.09. The number of hydrogen-bond donors (Lipinski definition) is 1. The summed E-state index contributed by atoms with van der Waals surface area (Å²) in [4.78, 5) is 0. The smallest absolute Gasteiger partial charge is 0.214 e. The SMILES string of the molecule is NC1CCC(OCCCN2CCCCS2(=O)=O)CC1. The fourth-order valence-corrected chi connectivity index (χ4v) is 4.48. The quantitative estimate of drug-likeness (QED) is 0.769. The molecule has 0 spiro atoms. The number of nitrogens with zero attached hydrogens (tertiary/aromatic N) is 1. The van der Waals surface area contributed by atoms with Crippen molar-refractivity contribution in [2.75, 3.05) is 25.4 Å². The zero-order valence-corrected chi connectivity index (χ0v) is 12.4. The van der Waals surface area contributed by atoms with Crippen molar-refractivity contribution < 1.29 is 13.2 Å². The van der Waals surface area contributed by atoms with E-state index < -0.39 is 10.0 Å². The van der Waals surface area contributed by atoms with Crippen molar-refractivity contribution in [1.29, 1.82) is 0 Å². The van der Waals surface area contributed by atoms with Crippen molar-refractivity contribution >= 4 is 10.0 Å². The molecule has 0 radical (unpaired) electrons. The third-order valence-electron chi connectivity index (χ3n) is 4.08. The van der Waals surface area contributed by atoms with E-state index in [9.17, 15) is 8.42 Å². The minimum absolute atomic E-state index is 0.314. The van der Waals surface area contributed by atoms with Gasteiger partial charge in [-0.2, -0.15) is 0 Å². The molecule has 2 fully saturated rings. The third kappa shape index (κ3) is 4.70. The fraction of sp³-hybridized carbons (Fsp3) is 1.00. The highest BCUT2D eigenvalue weighted by Gasteiger charge is 2.25. The zero-order chi connectivity index (χ0) is 13.7. The maximum atomic E-state index is 11.8. The molecular formula is C13H26N2O3S. The van der Waals surface area contributed by atoms with Gasteiger partial charge in [0, 0.05) is 25.7 Å². The van der Waals surface area contributed by atoms with Crippen LogP contribution >= 0.6 is 0 Å². The van der Waals surface area contributed by atoms with E-state index in [-0.39, 0.29) is 0 Å². The van der Waals surface area contributed by atoms with Crippen LogP contribution in [0.3, 0.4) is 0 Å².